The molecule has 0 aliphatic carbocycles. The largest absolute Gasteiger partial charge is 0.492 e. The van der Waals surface area contributed by atoms with Gasteiger partial charge in [-0.1, -0.05) is 12.1 Å². The molecule has 2 aromatic carbocycles. The lowest BCUT2D eigenvalue weighted by molar-refractivity contribution is -0.174. The lowest BCUT2D eigenvalue weighted by Crippen LogP contribution is -2.39. The Morgan fingerprint density at radius 2 is 1.76 bits per heavy atom. The molecule has 0 saturated heterocycles. The zero-order chi connectivity index (χ0) is 28.1. The van der Waals surface area contributed by atoms with Crippen molar-refractivity contribution in [3.8, 4) is 5.75 Å². The van der Waals surface area contributed by atoms with E-state index in [0.29, 0.717) is 17.4 Å². The summed E-state index contributed by atoms with van der Waals surface area (Å²) in [7, 11) is 0. The number of halogens is 5. The molecular formula is C25H29F5N2O6. The van der Waals surface area contributed by atoms with Gasteiger partial charge in [0.05, 0.1) is 12.2 Å². The van der Waals surface area contributed by atoms with E-state index in [1.165, 1.54) is 4.90 Å². The molecule has 38 heavy (non-hydrogen) atoms. The van der Waals surface area contributed by atoms with E-state index in [4.69, 9.17) is 9.47 Å². The Bertz CT molecular complexity index is 1040. The first kappa shape index (κ1) is 30.8. The van der Waals surface area contributed by atoms with Crippen LogP contribution in [0.3, 0.4) is 0 Å². The highest BCUT2D eigenvalue weighted by Gasteiger charge is 2.27. The molecule has 2 aromatic rings. The number of carbonyl (C=O) groups excluding carboxylic acids is 1. The van der Waals surface area contributed by atoms with Crippen molar-refractivity contribution in [1.29, 1.82) is 0 Å². The van der Waals surface area contributed by atoms with E-state index in [0.717, 1.165) is 12.1 Å². The van der Waals surface area contributed by atoms with Crippen molar-refractivity contribution in [3.63, 3.8) is 0 Å². The second-order valence-electron chi connectivity index (χ2n) is 8.04. The summed E-state index contributed by atoms with van der Waals surface area (Å²) in [6, 6.07) is 8.42. The van der Waals surface area contributed by atoms with Crippen molar-refractivity contribution in [3.05, 3.63) is 59.7 Å². The normalized spacial score (nSPS) is 12.2. The highest BCUT2D eigenvalue weighted by atomic mass is 19.4. The minimum Gasteiger partial charge on any atom is -0.492 e. The van der Waals surface area contributed by atoms with Crippen molar-refractivity contribution < 1.29 is 50.9 Å². The number of ether oxygens (including phenoxy) is 3. The zero-order valence-electron chi connectivity index (χ0n) is 20.6. The number of hydrogen-bond acceptors (Lipinski definition) is 5. The Hall–Kier alpha value is -3.45. The maximum Gasteiger partial charge on any atom is 0.411 e. The van der Waals surface area contributed by atoms with Crippen LogP contribution in [0.1, 0.15) is 18.9 Å². The van der Waals surface area contributed by atoms with Crippen molar-refractivity contribution in [2.75, 3.05) is 44.8 Å². The number of carboxylic acid groups (broad SMARTS) is 1. The van der Waals surface area contributed by atoms with Crippen LogP contribution in [0, 0.1) is 11.6 Å². The van der Waals surface area contributed by atoms with E-state index in [2.05, 4.69) is 10.1 Å². The minimum atomic E-state index is -4.47. The molecule has 2 N–H and O–H groups in total. The van der Waals surface area contributed by atoms with Crippen LogP contribution in [0.2, 0.25) is 0 Å². The topological polar surface area (TPSA) is 97.3 Å². The van der Waals surface area contributed by atoms with Crippen LogP contribution in [-0.2, 0) is 20.7 Å². The maximum atomic E-state index is 13.9. The number of carbonyl (C=O) groups is 2. The molecule has 0 heterocycles. The first-order chi connectivity index (χ1) is 18.0. The number of carboxylic acids is 1. The SMILES string of the molecule is CCOC(Cc1ccc(OCCN(CCCOCC(F)(F)F)C(=O)Nc2ccc(F)cc2F)cc1)C(=O)O. The van der Waals surface area contributed by atoms with Gasteiger partial charge >= 0.3 is 18.2 Å². The summed E-state index contributed by atoms with van der Waals surface area (Å²) in [6.45, 7) is 0.210. The highest BCUT2D eigenvalue weighted by molar-refractivity contribution is 5.89. The van der Waals surface area contributed by atoms with E-state index in [1.54, 1.807) is 31.2 Å². The second kappa shape index (κ2) is 15.1. The van der Waals surface area contributed by atoms with Gasteiger partial charge in [-0.2, -0.15) is 13.2 Å². The Labute approximate surface area is 216 Å². The van der Waals surface area contributed by atoms with Crippen LogP contribution in [0.4, 0.5) is 32.4 Å². The molecule has 210 valence electrons. The molecule has 0 fully saturated rings. The number of anilines is 1. The first-order valence-electron chi connectivity index (χ1n) is 11.7. The Morgan fingerprint density at radius 3 is 2.37 bits per heavy atom. The summed E-state index contributed by atoms with van der Waals surface area (Å²) < 4.78 is 79.2. The van der Waals surface area contributed by atoms with Gasteiger partial charge in [0, 0.05) is 32.2 Å². The van der Waals surface area contributed by atoms with Crippen LogP contribution < -0.4 is 10.1 Å². The fraction of sp³-hybridized carbons (Fsp3) is 0.440. The summed E-state index contributed by atoms with van der Waals surface area (Å²) >= 11 is 0. The van der Waals surface area contributed by atoms with Crippen molar-refractivity contribution >= 4 is 17.7 Å². The molecule has 0 aliphatic rings. The quantitative estimate of drug-likeness (QED) is 0.243. The maximum absolute atomic E-state index is 13.9. The smallest absolute Gasteiger partial charge is 0.411 e. The fourth-order valence-electron chi connectivity index (χ4n) is 3.27. The number of nitrogens with one attached hydrogen (secondary N) is 1. The van der Waals surface area contributed by atoms with Crippen LogP contribution in [0.5, 0.6) is 5.75 Å². The molecule has 0 aromatic heterocycles. The molecular weight excluding hydrogens is 519 g/mol. The highest BCUT2D eigenvalue weighted by Crippen LogP contribution is 2.18. The van der Waals surface area contributed by atoms with Gasteiger partial charge in [0.25, 0.3) is 0 Å². The molecule has 1 atom stereocenters. The first-order valence-corrected chi connectivity index (χ1v) is 11.7. The third kappa shape index (κ3) is 11.3. The molecule has 8 nitrogen and oxygen atoms in total. The van der Waals surface area contributed by atoms with Crippen LogP contribution >= 0.6 is 0 Å². The van der Waals surface area contributed by atoms with Gasteiger partial charge in [0.1, 0.15) is 30.6 Å². The Morgan fingerprint density at radius 1 is 1.05 bits per heavy atom. The van der Waals surface area contributed by atoms with Gasteiger partial charge in [-0.05, 0) is 43.2 Å². The van der Waals surface area contributed by atoms with Gasteiger partial charge in [-0.15, -0.1) is 0 Å². The molecule has 1 unspecified atom stereocenters. The van der Waals surface area contributed by atoms with E-state index in [1.807, 2.05) is 0 Å². The van der Waals surface area contributed by atoms with Crippen molar-refractivity contribution in [2.24, 2.45) is 0 Å². The molecule has 0 aliphatic heterocycles. The molecule has 2 amide bonds. The molecule has 0 spiro atoms. The monoisotopic (exact) mass is 548 g/mol. The lowest BCUT2D eigenvalue weighted by atomic mass is 10.1. The van der Waals surface area contributed by atoms with E-state index < -0.39 is 42.5 Å². The summed E-state index contributed by atoms with van der Waals surface area (Å²) in [4.78, 5) is 25.1. The van der Waals surface area contributed by atoms with E-state index in [-0.39, 0.29) is 51.4 Å². The number of urea groups is 1. The van der Waals surface area contributed by atoms with Gasteiger partial charge in [-0.25, -0.2) is 18.4 Å². The third-order valence-electron chi connectivity index (χ3n) is 5.06. The zero-order valence-corrected chi connectivity index (χ0v) is 20.6. The number of alkyl halides is 3. The van der Waals surface area contributed by atoms with Crippen molar-refractivity contribution in [2.45, 2.75) is 32.0 Å². The number of rotatable bonds is 15. The fourth-order valence-corrected chi connectivity index (χ4v) is 3.27. The van der Waals surface area contributed by atoms with Gasteiger partial charge in [0.15, 0.2) is 6.10 Å². The number of benzene rings is 2. The van der Waals surface area contributed by atoms with E-state index in [9.17, 15) is 36.6 Å². The molecule has 0 radical (unpaired) electrons. The predicted molar refractivity (Wildman–Crippen MR) is 127 cm³/mol. The number of hydrogen-bond donors (Lipinski definition) is 2. The molecule has 0 saturated carbocycles. The van der Waals surface area contributed by atoms with E-state index >= 15 is 0 Å². The van der Waals surface area contributed by atoms with Gasteiger partial charge in [0.2, 0.25) is 0 Å². The number of aliphatic carboxylic acids is 1. The predicted octanol–water partition coefficient (Wildman–Crippen LogP) is 4.88. The molecule has 13 heteroatoms. The summed E-state index contributed by atoms with van der Waals surface area (Å²) in [5.74, 6) is -2.46. The average molecular weight is 549 g/mol. The number of nitrogens with zero attached hydrogens (tertiary/aromatic N) is 1. The average Bonchev–Trinajstić information content (AvgIpc) is 2.84. The van der Waals surface area contributed by atoms with Gasteiger partial charge < -0.3 is 29.5 Å². The lowest BCUT2D eigenvalue weighted by Gasteiger charge is -2.23. The van der Waals surface area contributed by atoms with Crippen LogP contribution in [0.25, 0.3) is 0 Å². The standard InChI is InChI=1S/C25H29F5N2O6/c1-2-37-22(23(33)34)14-17-4-7-19(8-5-17)38-13-11-32(10-3-12-36-16-25(28,29)30)24(35)31-21-9-6-18(26)15-20(21)27/h4-9,15,22H,2-3,10-14,16H2,1H3,(H,31,35)(H,33,34). The summed E-state index contributed by atoms with van der Waals surface area (Å²) in [5, 5.41) is 11.5. The molecule has 2 rings (SSSR count). The third-order valence-corrected chi connectivity index (χ3v) is 5.06. The second-order valence-corrected chi connectivity index (χ2v) is 8.04. The van der Waals surface area contributed by atoms with Crippen LogP contribution in [-0.4, -0.2) is 73.8 Å². The summed E-state index contributed by atoms with van der Waals surface area (Å²) in [6.07, 6.45) is -5.23. The van der Waals surface area contributed by atoms with Crippen LogP contribution in [0.15, 0.2) is 42.5 Å². The minimum absolute atomic E-state index is 0.0128. The Balaban J connectivity index is 1.94. The summed E-state index contributed by atoms with van der Waals surface area (Å²) in [5.41, 5.74) is 0.442. The number of amides is 2. The Kier molecular flexibility index (Phi) is 12.2. The molecule has 0 bridgehead atoms. The van der Waals surface area contributed by atoms with Crippen molar-refractivity contribution in [1.82, 2.24) is 4.90 Å². The van der Waals surface area contributed by atoms with Gasteiger partial charge in [-0.3, -0.25) is 0 Å².